The van der Waals surface area contributed by atoms with E-state index in [2.05, 4.69) is 30.0 Å². The van der Waals surface area contributed by atoms with Gasteiger partial charge in [-0.15, -0.1) is 0 Å². The van der Waals surface area contributed by atoms with E-state index < -0.39 is 0 Å². The van der Waals surface area contributed by atoms with E-state index in [0.717, 1.165) is 22.7 Å². The number of nitrogens with zero attached hydrogens (tertiary/aromatic N) is 5. The third-order valence-electron chi connectivity index (χ3n) is 3.54. The van der Waals surface area contributed by atoms with E-state index in [0.29, 0.717) is 0 Å². The molecule has 0 saturated heterocycles. The lowest BCUT2D eigenvalue weighted by atomic mass is 10.2. The van der Waals surface area contributed by atoms with Crippen LogP contribution in [0.2, 0.25) is 0 Å². The first-order valence-corrected chi connectivity index (χ1v) is 6.81. The molecule has 0 bridgehead atoms. The molecule has 0 aromatic carbocycles. The highest BCUT2D eigenvalue weighted by atomic mass is 32.1. The number of pyridine rings is 1. The molecule has 0 amide bonds. The van der Waals surface area contributed by atoms with Gasteiger partial charge in [-0.2, -0.15) is 9.38 Å². The monoisotopic (exact) mass is 266 g/mol. The molecule has 6 heteroatoms. The van der Waals surface area contributed by atoms with Crippen LogP contribution in [0.5, 0.6) is 0 Å². The van der Waals surface area contributed by atoms with Gasteiger partial charge in [0.05, 0.1) is 5.56 Å². The van der Waals surface area contributed by atoms with Crippen molar-refractivity contribution in [3.8, 4) is 10.6 Å². The molecule has 0 unspecified atom stereocenters. The van der Waals surface area contributed by atoms with Crippen LogP contribution in [-0.4, -0.2) is 19.4 Å². The van der Waals surface area contributed by atoms with Crippen molar-refractivity contribution in [3.63, 3.8) is 0 Å². The molecular formula is C13H8N5S+. The van der Waals surface area contributed by atoms with Gasteiger partial charge >= 0.3 is 5.65 Å². The van der Waals surface area contributed by atoms with Gasteiger partial charge in [-0.3, -0.25) is 4.98 Å². The average molecular weight is 266 g/mol. The van der Waals surface area contributed by atoms with Crippen LogP contribution in [0.4, 0.5) is 0 Å². The number of thiazole rings is 1. The molecule has 0 saturated carbocycles. The summed E-state index contributed by atoms with van der Waals surface area (Å²) < 4.78 is 4.35. The van der Waals surface area contributed by atoms with Gasteiger partial charge in [-0.25, -0.2) is 9.55 Å². The van der Waals surface area contributed by atoms with Gasteiger partial charge in [0.15, 0.2) is 11.3 Å². The Hall–Kier alpha value is -2.34. The SMILES string of the molecule is c1cc2c(cn1)-c1sc3nc4ccncn4c3[n+]1C2. The quantitative estimate of drug-likeness (QED) is 0.400. The topological polar surface area (TPSA) is 47.0 Å². The predicted octanol–water partition coefficient (Wildman–Crippen LogP) is 1.66. The summed E-state index contributed by atoms with van der Waals surface area (Å²) in [6.07, 6.45) is 7.39. The van der Waals surface area contributed by atoms with Crippen LogP contribution < -0.4 is 4.57 Å². The van der Waals surface area contributed by atoms with Crippen molar-refractivity contribution in [3.05, 3.63) is 42.6 Å². The van der Waals surface area contributed by atoms with Crippen molar-refractivity contribution < 1.29 is 4.57 Å². The van der Waals surface area contributed by atoms with E-state index in [4.69, 9.17) is 0 Å². The van der Waals surface area contributed by atoms with E-state index in [1.165, 1.54) is 16.1 Å². The zero-order valence-electron chi connectivity index (χ0n) is 9.82. The average Bonchev–Trinajstić information content (AvgIpc) is 3.05. The minimum Gasteiger partial charge on any atom is -0.264 e. The van der Waals surface area contributed by atoms with Crippen molar-refractivity contribution in [2.75, 3.05) is 0 Å². The minimum absolute atomic E-state index is 0.885. The molecule has 0 radical (unpaired) electrons. The second-order valence-electron chi connectivity index (χ2n) is 4.58. The van der Waals surface area contributed by atoms with Gasteiger partial charge in [0, 0.05) is 30.2 Å². The van der Waals surface area contributed by atoms with Gasteiger partial charge in [-0.05, 0) is 6.07 Å². The van der Waals surface area contributed by atoms with Gasteiger partial charge in [0.25, 0.3) is 0 Å². The van der Waals surface area contributed by atoms with E-state index in [-0.39, 0.29) is 0 Å². The van der Waals surface area contributed by atoms with Crippen molar-refractivity contribution in [2.24, 2.45) is 0 Å². The van der Waals surface area contributed by atoms with E-state index >= 15 is 0 Å². The molecule has 19 heavy (non-hydrogen) atoms. The van der Waals surface area contributed by atoms with Crippen molar-refractivity contribution >= 4 is 27.5 Å². The number of hydrogen-bond acceptors (Lipinski definition) is 4. The molecule has 90 valence electrons. The maximum absolute atomic E-state index is 4.65. The van der Waals surface area contributed by atoms with Crippen molar-refractivity contribution in [1.29, 1.82) is 0 Å². The highest BCUT2D eigenvalue weighted by molar-refractivity contribution is 7.20. The molecule has 4 aromatic rings. The van der Waals surface area contributed by atoms with Crippen LogP contribution in [0.1, 0.15) is 5.56 Å². The fraction of sp³-hybridized carbons (Fsp3) is 0.0769. The van der Waals surface area contributed by atoms with Gasteiger partial charge in [-0.1, -0.05) is 11.3 Å². The first-order valence-electron chi connectivity index (χ1n) is 5.99. The molecule has 0 aliphatic carbocycles. The van der Waals surface area contributed by atoms with Gasteiger partial charge in [0.2, 0.25) is 10.5 Å². The number of aromatic nitrogens is 5. The summed E-state index contributed by atoms with van der Waals surface area (Å²) in [4.78, 5) is 14.1. The van der Waals surface area contributed by atoms with E-state index in [9.17, 15) is 0 Å². The zero-order chi connectivity index (χ0) is 12.4. The Labute approximate surface area is 111 Å². The second-order valence-corrected chi connectivity index (χ2v) is 5.55. The summed E-state index contributed by atoms with van der Waals surface area (Å²) in [5.74, 6) is 0. The largest absolute Gasteiger partial charge is 0.327 e. The summed E-state index contributed by atoms with van der Waals surface area (Å²) in [6, 6.07) is 4.02. The number of rotatable bonds is 0. The third kappa shape index (κ3) is 1.09. The number of imidazole rings is 1. The van der Waals surface area contributed by atoms with Crippen molar-refractivity contribution in [2.45, 2.75) is 6.54 Å². The molecule has 0 atom stereocenters. The summed E-state index contributed by atoms with van der Waals surface area (Å²) in [6.45, 7) is 0.885. The second kappa shape index (κ2) is 3.16. The maximum Gasteiger partial charge on any atom is 0.327 e. The Morgan fingerprint density at radius 1 is 1.21 bits per heavy atom. The van der Waals surface area contributed by atoms with Gasteiger partial charge < -0.3 is 0 Å². The lowest BCUT2D eigenvalue weighted by Crippen LogP contribution is -2.31. The zero-order valence-corrected chi connectivity index (χ0v) is 10.6. The van der Waals surface area contributed by atoms with E-state index in [1.54, 1.807) is 17.5 Å². The lowest BCUT2D eigenvalue weighted by molar-refractivity contribution is -0.644. The molecule has 0 fully saturated rings. The third-order valence-corrected chi connectivity index (χ3v) is 4.64. The number of fused-ring (bicyclic) bond motifs is 7. The smallest absolute Gasteiger partial charge is 0.264 e. The standard InChI is InChI=1S/C13H8N5S/c1-3-14-5-9-8(1)6-17-12-11(19-13(9)17)16-10-2-4-15-7-18(10)12/h1-5,7H,6H2/q+1. The predicted molar refractivity (Wildman–Crippen MR) is 70.9 cm³/mol. The molecule has 1 aliphatic rings. The first-order chi connectivity index (χ1) is 9.42. The summed E-state index contributed by atoms with van der Waals surface area (Å²) in [5, 5.41) is 1.24. The van der Waals surface area contributed by atoms with Crippen LogP contribution in [0.25, 0.3) is 26.7 Å². The Balaban J connectivity index is 1.94. The highest BCUT2D eigenvalue weighted by Gasteiger charge is 2.31. The Morgan fingerprint density at radius 2 is 2.16 bits per heavy atom. The molecule has 0 spiro atoms. The number of hydrogen-bond donors (Lipinski definition) is 0. The summed E-state index contributed by atoms with van der Waals surface area (Å²) in [7, 11) is 0. The Bertz CT molecular complexity index is 952. The normalized spacial score (nSPS) is 13.1. The van der Waals surface area contributed by atoms with Crippen LogP contribution in [0.3, 0.4) is 0 Å². The molecule has 0 N–H and O–H groups in total. The Morgan fingerprint density at radius 3 is 3.16 bits per heavy atom. The molecular weight excluding hydrogens is 258 g/mol. The summed E-state index contributed by atoms with van der Waals surface area (Å²) >= 11 is 1.72. The van der Waals surface area contributed by atoms with Crippen LogP contribution in [-0.2, 0) is 6.54 Å². The highest BCUT2D eigenvalue weighted by Crippen LogP contribution is 2.34. The molecule has 1 aliphatic heterocycles. The van der Waals surface area contributed by atoms with Crippen LogP contribution >= 0.6 is 11.3 Å². The van der Waals surface area contributed by atoms with Crippen LogP contribution in [0, 0.1) is 0 Å². The first kappa shape index (κ1) is 9.57. The van der Waals surface area contributed by atoms with E-state index in [1.807, 2.05) is 24.8 Å². The molecule has 4 aromatic heterocycles. The maximum atomic E-state index is 4.65. The molecule has 5 heterocycles. The molecule has 5 nitrogen and oxygen atoms in total. The minimum atomic E-state index is 0.885. The summed E-state index contributed by atoms with van der Waals surface area (Å²) in [5.41, 5.74) is 4.62. The van der Waals surface area contributed by atoms with Crippen molar-refractivity contribution in [1.82, 2.24) is 19.4 Å². The fourth-order valence-electron chi connectivity index (χ4n) is 2.69. The Kier molecular flexibility index (Phi) is 1.59. The molecule has 5 rings (SSSR count). The van der Waals surface area contributed by atoms with Crippen LogP contribution in [0.15, 0.2) is 37.1 Å². The van der Waals surface area contributed by atoms with Gasteiger partial charge in [0.1, 0.15) is 6.54 Å². The fourth-order valence-corrected chi connectivity index (χ4v) is 3.87. The lowest BCUT2D eigenvalue weighted by Gasteiger charge is -1.91.